The molecule has 118 valence electrons. The lowest BCUT2D eigenvalue weighted by Gasteiger charge is -2.17. The second-order valence-electron chi connectivity index (χ2n) is 5.23. The molecule has 0 bridgehead atoms. The van der Waals surface area contributed by atoms with Crippen molar-refractivity contribution >= 4 is 15.7 Å². The average molecular weight is 321 g/mol. The van der Waals surface area contributed by atoms with Crippen LogP contribution in [0, 0.1) is 13.8 Å². The van der Waals surface area contributed by atoms with Crippen LogP contribution in [0.15, 0.2) is 45.9 Å². The van der Waals surface area contributed by atoms with Crippen molar-refractivity contribution in [2.24, 2.45) is 0 Å². The van der Waals surface area contributed by atoms with Gasteiger partial charge in [0.2, 0.25) is 5.91 Å². The Hall–Kier alpha value is -2.08. The van der Waals surface area contributed by atoms with E-state index in [-0.39, 0.29) is 17.3 Å². The highest BCUT2D eigenvalue weighted by Gasteiger charge is 2.31. The van der Waals surface area contributed by atoms with Crippen LogP contribution in [-0.4, -0.2) is 20.9 Å². The zero-order valence-electron chi connectivity index (χ0n) is 12.8. The van der Waals surface area contributed by atoms with Crippen LogP contribution in [-0.2, 0) is 14.6 Å². The van der Waals surface area contributed by atoms with Crippen LogP contribution in [0.1, 0.15) is 29.1 Å². The molecule has 6 heteroatoms. The van der Waals surface area contributed by atoms with E-state index in [9.17, 15) is 13.2 Å². The Morgan fingerprint density at radius 2 is 1.95 bits per heavy atom. The third kappa shape index (κ3) is 3.39. The lowest BCUT2D eigenvalue weighted by atomic mass is 10.1. The summed E-state index contributed by atoms with van der Waals surface area (Å²) in [5.74, 6) is 0.0267. The fourth-order valence-corrected chi connectivity index (χ4v) is 3.80. The zero-order chi connectivity index (χ0) is 16.3. The predicted molar refractivity (Wildman–Crippen MR) is 83.2 cm³/mol. The van der Waals surface area contributed by atoms with Crippen molar-refractivity contribution in [1.29, 1.82) is 0 Å². The molecule has 0 spiro atoms. The number of rotatable bonds is 5. The maximum Gasteiger partial charge on any atom is 0.216 e. The Morgan fingerprint density at radius 3 is 2.50 bits per heavy atom. The molecule has 1 aromatic carbocycles. The van der Waals surface area contributed by atoms with E-state index >= 15 is 0 Å². The van der Waals surface area contributed by atoms with E-state index in [1.54, 1.807) is 30.3 Å². The first kappa shape index (κ1) is 16.3. The summed E-state index contributed by atoms with van der Waals surface area (Å²) in [7, 11) is -3.67. The summed E-state index contributed by atoms with van der Waals surface area (Å²) < 4.78 is 31.1. The highest BCUT2D eigenvalue weighted by atomic mass is 32.2. The summed E-state index contributed by atoms with van der Waals surface area (Å²) in [5, 5.41) is 1.61. The van der Waals surface area contributed by atoms with Crippen molar-refractivity contribution in [2.75, 3.05) is 6.54 Å². The summed E-state index contributed by atoms with van der Waals surface area (Å²) >= 11 is 0. The molecule has 1 amide bonds. The molecule has 0 fully saturated rings. The molecule has 0 radical (unpaired) electrons. The zero-order valence-corrected chi connectivity index (χ0v) is 13.6. The lowest BCUT2D eigenvalue weighted by molar-refractivity contribution is -0.118. The van der Waals surface area contributed by atoms with Crippen LogP contribution >= 0.6 is 0 Å². The van der Waals surface area contributed by atoms with Gasteiger partial charge in [0.05, 0.1) is 11.2 Å². The summed E-state index contributed by atoms with van der Waals surface area (Å²) in [4.78, 5) is 11.4. The number of benzene rings is 1. The highest BCUT2D eigenvalue weighted by Crippen LogP contribution is 2.29. The van der Waals surface area contributed by atoms with Gasteiger partial charge in [0, 0.05) is 13.5 Å². The first-order valence-corrected chi connectivity index (χ1v) is 8.46. The van der Waals surface area contributed by atoms with Gasteiger partial charge in [0.15, 0.2) is 9.84 Å². The Kier molecular flexibility index (Phi) is 4.71. The van der Waals surface area contributed by atoms with Gasteiger partial charge in [-0.15, -0.1) is 0 Å². The van der Waals surface area contributed by atoms with Crippen molar-refractivity contribution in [3.63, 3.8) is 0 Å². The normalized spacial score (nSPS) is 12.9. The first-order valence-electron chi connectivity index (χ1n) is 6.91. The quantitative estimate of drug-likeness (QED) is 0.918. The maximum atomic E-state index is 12.9. The molecule has 0 aliphatic carbocycles. The van der Waals surface area contributed by atoms with E-state index in [4.69, 9.17) is 4.42 Å². The number of sulfone groups is 1. The number of hydrogen-bond donors (Lipinski definition) is 1. The minimum atomic E-state index is -3.67. The predicted octanol–water partition coefficient (Wildman–Crippen LogP) is 2.55. The van der Waals surface area contributed by atoms with Crippen molar-refractivity contribution < 1.29 is 17.6 Å². The van der Waals surface area contributed by atoms with Crippen molar-refractivity contribution in [3.05, 3.63) is 53.5 Å². The number of carbonyl (C=O) groups excluding carboxylic acids is 1. The van der Waals surface area contributed by atoms with Crippen LogP contribution in [0.5, 0.6) is 0 Å². The van der Waals surface area contributed by atoms with E-state index in [2.05, 4.69) is 5.32 Å². The summed E-state index contributed by atoms with van der Waals surface area (Å²) in [5.41, 5.74) is 1.93. The van der Waals surface area contributed by atoms with Gasteiger partial charge in [0.1, 0.15) is 11.0 Å². The number of hydrogen-bond acceptors (Lipinski definition) is 4. The average Bonchev–Trinajstić information content (AvgIpc) is 2.95. The van der Waals surface area contributed by atoms with Crippen LogP contribution in [0.25, 0.3) is 0 Å². The maximum absolute atomic E-state index is 12.9. The van der Waals surface area contributed by atoms with E-state index in [1.165, 1.54) is 13.2 Å². The first-order chi connectivity index (χ1) is 10.3. The van der Waals surface area contributed by atoms with Crippen LogP contribution < -0.4 is 5.32 Å². The minimum Gasteiger partial charge on any atom is -0.468 e. The molecule has 0 unspecified atom stereocenters. The Labute approximate surface area is 130 Å². The van der Waals surface area contributed by atoms with Crippen molar-refractivity contribution in [3.8, 4) is 0 Å². The van der Waals surface area contributed by atoms with Gasteiger partial charge in [-0.2, -0.15) is 0 Å². The molecule has 0 saturated carbocycles. The number of furan rings is 1. The standard InChI is InChI=1S/C16H19NO4S/c1-11-6-7-14(9-12(11)2)22(19,20)16(10-17-13(3)18)15-5-4-8-21-15/h4-9,16H,10H2,1-3H3,(H,17,18)/t16-/m0/s1. The van der Waals surface area contributed by atoms with E-state index in [1.807, 2.05) is 13.8 Å². The molecule has 1 heterocycles. The molecule has 5 nitrogen and oxygen atoms in total. The number of aryl methyl sites for hydroxylation is 2. The molecule has 0 aliphatic heterocycles. The molecule has 0 aliphatic rings. The van der Waals surface area contributed by atoms with Gasteiger partial charge < -0.3 is 9.73 Å². The largest absolute Gasteiger partial charge is 0.468 e. The van der Waals surface area contributed by atoms with Crippen molar-refractivity contribution in [2.45, 2.75) is 30.9 Å². The molecule has 0 saturated heterocycles. The van der Waals surface area contributed by atoms with Gasteiger partial charge in [0.25, 0.3) is 0 Å². The minimum absolute atomic E-state index is 0.0297. The number of carbonyl (C=O) groups is 1. The topological polar surface area (TPSA) is 76.4 Å². The third-order valence-corrected chi connectivity index (χ3v) is 5.64. The lowest BCUT2D eigenvalue weighted by Crippen LogP contribution is -2.30. The van der Waals surface area contributed by atoms with Gasteiger partial charge in [-0.3, -0.25) is 4.79 Å². The monoisotopic (exact) mass is 321 g/mol. The SMILES string of the molecule is CC(=O)NC[C@@H](c1ccco1)S(=O)(=O)c1ccc(C)c(C)c1. The van der Waals surface area contributed by atoms with Gasteiger partial charge in [-0.25, -0.2) is 8.42 Å². The Balaban J connectivity index is 2.44. The molecule has 2 aromatic rings. The van der Waals surface area contributed by atoms with Gasteiger partial charge in [-0.05, 0) is 49.2 Å². The number of amides is 1. The van der Waals surface area contributed by atoms with E-state index in [0.29, 0.717) is 5.76 Å². The highest BCUT2D eigenvalue weighted by molar-refractivity contribution is 7.91. The van der Waals surface area contributed by atoms with E-state index in [0.717, 1.165) is 11.1 Å². The molecule has 22 heavy (non-hydrogen) atoms. The van der Waals surface area contributed by atoms with Gasteiger partial charge >= 0.3 is 0 Å². The Morgan fingerprint density at radius 1 is 1.23 bits per heavy atom. The number of nitrogens with one attached hydrogen (secondary N) is 1. The smallest absolute Gasteiger partial charge is 0.216 e. The van der Waals surface area contributed by atoms with E-state index < -0.39 is 15.1 Å². The van der Waals surface area contributed by atoms with Gasteiger partial charge in [-0.1, -0.05) is 6.07 Å². The molecular formula is C16H19NO4S. The summed E-state index contributed by atoms with van der Waals surface area (Å²) in [6.45, 7) is 5.11. The summed E-state index contributed by atoms with van der Waals surface area (Å²) in [6.07, 6.45) is 1.42. The molecule has 1 aromatic heterocycles. The fraction of sp³-hybridized carbons (Fsp3) is 0.312. The molecule has 1 atom stereocenters. The molecular weight excluding hydrogens is 302 g/mol. The van der Waals surface area contributed by atoms with Crippen LogP contribution in [0.2, 0.25) is 0 Å². The van der Waals surface area contributed by atoms with Crippen molar-refractivity contribution in [1.82, 2.24) is 5.32 Å². The summed E-state index contributed by atoms with van der Waals surface area (Å²) in [6, 6.07) is 8.24. The van der Waals surface area contributed by atoms with Crippen LogP contribution in [0.3, 0.4) is 0 Å². The Bertz CT molecular complexity index is 763. The molecule has 1 N–H and O–H groups in total. The van der Waals surface area contributed by atoms with Crippen LogP contribution in [0.4, 0.5) is 0 Å². The second-order valence-corrected chi connectivity index (χ2v) is 7.36. The molecule has 2 rings (SSSR count). The second kappa shape index (κ2) is 6.36. The third-order valence-electron chi connectivity index (χ3n) is 3.58. The fourth-order valence-electron chi connectivity index (χ4n) is 2.13.